The highest BCUT2D eigenvalue weighted by Gasteiger charge is 2.57. The molecule has 2 amide bonds. The van der Waals surface area contributed by atoms with Crippen LogP contribution in [-0.4, -0.2) is 34.6 Å². The average Bonchev–Trinajstić information content (AvgIpc) is 3.34. The Kier molecular flexibility index (Phi) is 3.89. The van der Waals surface area contributed by atoms with Crippen molar-refractivity contribution in [3.63, 3.8) is 0 Å². The molecule has 0 radical (unpaired) electrons. The molecule has 3 heterocycles. The molecule has 2 aliphatic heterocycles. The number of imide groups is 1. The van der Waals surface area contributed by atoms with Crippen molar-refractivity contribution in [3.8, 4) is 0 Å². The zero-order valence-electron chi connectivity index (χ0n) is 13.0. The first-order valence-corrected chi connectivity index (χ1v) is 8.40. The molecule has 132 valence electrons. The van der Waals surface area contributed by atoms with Crippen molar-refractivity contribution in [2.45, 2.75) is 6.10 Å². The number of carbonyl (C=O) groups excluding carboxylic acids is 3. The van der Waals surface area contributed by atoms with Crippen LogP contribution in [0.4, 0.5) is 11.4 Å². The van der Waals surface area contributed by atoms with Gasteiger partial charge < -0.3 is 10.0 Å². The molecule has 2 aromatic rings. The van der Waals surface area contributed by atoms with Crippen molar-refractivity contribution in [3.05, 3.63) is 51.9 Å². The first-order chi connectivity index (χ1) is 12.5. The van der Waals surface area contributed by atoms with Gasteiger partial charge in [-0.1, -0.05) is 17.3 Å². The van der Waals surface area contributed by atoms with E-state index in [1.165, 1.54) is 35.6 Å². The van der Waals surface area contributed by atoms with E-state index in [4.69, 9.17) is 10.0 Å². The number of nitrogens with zero attached hydrogens (tertiary/aromatic N) is 2. The summed E-state index contributed by atoms with van der Waals surface area (Å²) in [5.41, 5.74) is -0.0712. The van der Waals surface area contributed by atoms with Gasteiger partial charge in [0.25, 0.3) is 5.91 Å². The lowest BCUT2D eigenvalue weighted by atomic mass is 9.96. The molecule has 9 nitrogen and oxygen atoms in total. The number of ketones is 1. The third-order valence-electron chi connectivity index (χ3n) is 4.14. The van der Waals surface area contributed by atoms with E-state index in [9.17, 15) is 19.6 Å². The van der Waals surface area contributed by atoms with Gasteiger partial charge >= 0.3 is 0 Å². The van der Waals surface area contributed by atoms with Crippen LogP contribution in [0.2, 0.25) is 0 Å². The Balaban J connectivity index is 1.67. The van der Waals surface area contributed by atoms with Gasteiger partial charge in [0, 0.05) is 12.1 Å². The molecule has 3 unspecified atom stereocenters. The van der Waals surface area contributed by atoms with Gasteiger partial charge in [0.15, 0.2) is 5.69 Å². The number of hydrogen-bond acceptors (Lipinski definition) is 8. The standard InChI is InChI=1S/C16H11N3O6S/c20-13(10-5-2-6-26-10)12-11-14(25-17-12)16(22)18(15(11)21)8-3-1-4-9(7-8)19(23)24/h1-7,11,14,19,23H. The number of carbonyl (C=O) groups is 3. The van der Waals surface area contributed by atoms with Gasteiger partial charge in [0.2, 0.25) is 17.8 Å². The minimum Gasteiger partial charge on any atom is -0.595 e. The summed E-state index contributed by atoms with van der Waals surface area (Å²) < 4.78 is 0. The molecule has 0 aliphatic carbocycles. The fourth-order valence-electron chi connectivity index (χ4n) is 2.93. The molecule has 0 saturated carbocycles. The summed E-state index contributed by atoms with van der Waals surface area (Å²) in [5, 5.41) is 24.4. The molecule has 3 atom stereocenters. The molecule has 10 heteroatoms. The zero-order chi connectivity index (χ0) is 18.4. The SMILES string of the molecule is O=C(C1=NOC2C(=O)N(c3cccc([NH+]([O-])O)c3)C(=O)C12)c1cccs1. The van der Waals surface area contributed by atoms with Crippen LogP contribution in [0.15, 0.2) is 46.9 Å². The van der Waals surface area contributed by atoms with Crippen LogP contribution in [0.25, 0.3) is 0 Å². The number of fused-ring (bicyclic) bond motifs is 1. The van der Waals surface area contributed by atoms with Crippen molar-refractivity contribution in [1.29, 1.82) is 0 Å². The maximum atomic E-state index is 12.8. The van der Waals surface area contributed by atoms with E-state index < -0.39 is 34.8 Å². The Labute approximate surface area is 150 Å². The monoisotopic (exact) mass is 373 g/mol. The quantitative estimate of drug-likeness (QED) is 0.451. The Morgan fingerprint density at radius 3 is 2.77 bits per heavy atom. The summed E-state index contributed by atoms with van der Waals surface area (Å²) in [6, 6.07) is 8.73. The van der Waals surface area contributed by atoms with E-state index >= 15 is 0 Å². The third-order valence-corrected chi connectivity index (χ3v) is 5.01. The first-order valence-electron chi connectivity index (χ1n) is 7.52. The molecule has 2 N–H and O–H groups in total. The van der Waals surface area contributed by atoms with Crippen LogP contribution in [0.3, 0.4) is 0 Å². The second kappa shape index (κ2) is 6.11. The van der Waals surface area contributed by atoms with Crippen LogP contribution in [0, 0.1) is 11.1 Å². The highest BCUT2D eigenvalue weighted by molar-refractivity contribution is 7.13. The molecule has 1 aromatic heterocycles. The number of benzene rings is 1. The number of nitrogens with one attached hydrogen (secondary N) is 1. The van der Waals surface area contributed by atoms with Gasteiger partial charge in [-0.25, -0.2) is 10.1 Å². The fourth-order valence-corrected chi connectivity index (χ4v) is 3.61. The smallest absolute Gasteiger partial charge is 0.278 e. The van der Waals surface area contributed by atoms with Gasteiger partial charge in [-0.15, -0.1) is 11.3 Å². The predicted molar refractivity (Wildman–Crippen MR) is 89.2 cm³/mol. The Hall–Kier alpha value is -2.92. The lowest BCUT2D eigenvalue weighted by Crippen LogP contribution is -2.99. The summed E-state index contributed by atoms with van der Waals surface area (Å²) in [7, 11) is 0. The zero-order valence-corrected chi connectivity index (χ0v) is 13.8. The van der Waals surface area contributed by atoms with Crippen LogP contribution in [-0.2, 0) is 14.4 Å². The number of Topliss-reactive ketones (excluding diaryl/α,β-unsaturated/α-hetero) is 1. The van der Waals surface area contributed by atoms with Crippen LogP contribution in [0.5, 0.6) is 0 Å². The molecular formula is C16H11N3O6S. The lowest BCUT2D eigenvalue weighted by Gasteiger charge is -2.17. The maximum absolute atomic E-state index is 12.8. The van der Waals surface area contributed by atoms with Crippen molar-refractivity contribution in [2.75, 3.05) is 4.90 Å². The van der Waals surface area contributed by atoms with Gasteiger partial charge in [0.05, 0.1) is 10.6 Å². The van der Waals surface area contributed by atoms with Crippen molar-refractivity contribution < 1.29 is 29.7 Å². The maximum Gasteiger partial charge on any atom is 0.278 e. The largest absolute Gasteiger partial charge is 0.595 e. The van der Waals surface area contributed by atoms with E-state index in [1.54, 1.807) is 17.5 Å². The van der Waals surface area contributed by atoms with Crippen molar-refractivity contribution >= 4 is 46.0 Å². The first kappa shape index (κ1) is 16.5. The topological polar surface area (TPSA) is 124 Å². The summed E-state index contributed by atoms with van der Waals surface area (Å²) in [6.45, 7) is 0. The van der Waals surface area contributed by atoms with E-state index in [-0.39, 0.29) is 17.1 Å². The average molecular weight is 373 g/mol. The second-order valence-corrected chi connectivity index (χ2v) is 6.60. The number of amides is 2. The second-order valence-electron chi connectivity index (χ2n) is 5.65. The number of thiophene rings is 1. The summed E-state index contributed by atoms with van der Waals surface area (Å²) in [4.78, 5) is 44.2. The number of anilines is 1. The molecule has 1 aromatic carbocycles. The van der Waals surface area contributed by atoms with E-state index in [0.717, 1.165) is 4.90 Å². The van der Waals surface area contributed by atoms with Crippen molar-refractivity contribution in [2.24, 2.45) is 11.1 Å². The molecule has 1 fully saturated rings. The lowest BCUT2D eigenvalue weighted by molar-refractivity contribution is -0.991. The number of oxime groups is 1. The Morgan fingerprint density at radius 1 is 1.27 bits per heavy atom. The van der Waals surface area contributed by atoms with Gasteiger partial charge in [-0.2, -0.15) is 5.23 Å². The van der Waals surface area contributed by atoms with Crippen LogP contribution >= 0.6 is 11.3 Å². The fraction of sp³-hybridized carbons (Fsp3) is 0.125. The number of hydrogen-bond donors (Lipinski definition) is 2. The normalized spacial score (nSPS) is 22.8. The molecule has 0 bridgehead atoms. The minimum absolute atomic E-state index is 0.0652. The summed E-state index contributed by atoms with van der Waals surface area (Å²) >= 11 is 1.20. The molecule has 1 saturated heterocycles. The highest BCUT2D eigenvalue weighted by atomic mass is 32.1. The summed E-state index contributed by atoms with van der Waals surface area (Å²) in [5.74, 6) is -2.94. The van der Waals surface area contributed by atoms with Crippen LogP contribution < -0.4 is 10.1 Å². The van der Waals surface area contributed by atoms with Gasteiger partial charge in [-0.05, 0) is 17.5 Å². The van der Waals surface area contributed by atoms with Crippen molar-refractivity contribution in [1.82, 2.24) is 0 Å². The van der Waals surface area contributed by atoms with E-state index in [2.05, 4.69) is 5.16 Å². The molecular weight excluding hydrogens is 362 g/mol. The van der Waals surface area contributed by atoms with Crippen LogP contribution in [0.1, 0.15) is 9.67 Å². The minimum atomic E-state index is -1.21. The molecule has 0 spiro atoms. The third kappa shape index (κ3) is 2.44. The number of rotatable bonds is 4. The predicted octanol–water partition coefficient (Wildman–Crippen LogP) is 0.279. The Bertz CT molecular complexity index is 939. The van der Waals surface area contributed by atoms with E-state index in [0.29, 0.717) is 4.88 Å². The molecule has 26 heavy (non-hydrogen) atoms. The van der Waals surface area contributed by atoms with Gasteiger partial charge in [0.1, 0.15) is 11.6 Å². The Morgan fingerprint density at radius 2 is 2.08 bits per heavy atom. The van der Waals surface area contributed by atoms with E-state index in [1.807, 2.05) is 0 Å². The molecule has 2 aliphatic rings. The number of quaternary nitrogens is 1. The van der Waals surface area contributed by atoms with Gasteiger partial charge in [-0.3, -0.25) is 14.4 Å². The molecule has 4 rings (SSSR count). The highest BCUT2D eigenvalue weighted by Crippen LogP contribution is 2.35. The summed E-state index contributed by atoms with van der Waals surface area (Å²) in [6.07, 6.45) is -1.21.